The number of carbonyl (C=O) groups is 2. The minimum atomic E-state index is -0.418. The predicted molar refractivity (Wildman–Crippen MR) is 111 cm³/mol. The summed E-state index contributed by atoms with van der Waals surface area (Å²) in [5.74, 6) is 0.313. The number of ether oxygens (including phenoxy) is 3. The van der Waals surface area contributed by atoms with Crippen molar-refractivity contribution in [3.63, 3.8) is 0 Å². The summed E-state index contributed by atoms with van der Waals surface area (Å²) < 4.78 is 18.3. The van der Waals surface area contributed by atoms with Crippen molar-refractivity contribution in [1.29, 1.82) is 0 Å². The lowest BCUT2D eigenvalue weighted by Gasteiger charge is -2.07. The molecular formula is C21H22N2O5S. The Morgan fingerprint density at radius 2 is 1.76 bits per heavy atom. The van der Waals surface area contributed by atoms with E-state index in [0.717, 1.165) is 10.2 Å². The van der Waals surface area contributed by atoms with Crippen LogP contribution in [0.4, 0.5) is 0 Å². The molecule has 7 nitrogen and oxygen atoms in total. The first-order chi connectivity index (χ1) is 14.0. The van der Waals surface area contributed by atoms with E-state index in [2.05, 4.69) is 4.99 Å². The van der Waals surface area contributed by atoms with Gasteiger partial charge in [0.15, 0.2) is 4.80 Å². The molecule has 2 aromatic carbocycles. The number of rotatable bonds is 7. The van der Waals surface area contributed by atoms with Crippen molar-refractivity contribution in [3.8, 4) is 11.5 Å². The molecule has 0 bridgehead atoms. The second kappa shape index (κ2) is 9.38. The van der Waals surface area contributed by atoms with Crippen molar-refractivity contribution in [2.45, 2.75) is 19.9 Å². The van der Waals surface area contributed by atoms with E-state index in [1.165, 1.54) is 25.6 Å². The van der Waals surface area contributed by atoms with Gasteiger partial charge in [0.25, 0.3) is 5.91 Å². The molecule has 29 heavy (non-hydrogen) atoms. The van der Waals surface area contributed by atoms with Crippen LogP contribution in [0.25, 0.3) is 10.2 Å². The first-order valence-electron chi connectivity index (χ1n) is 9.11. The number of benzene rings is 2. The molecule has 0 atom stereocenters. The minimum Gasteiger partial charge on any atom is -0.497 e. The van der Waals surface area contributed by atoms with Crippen molar-refractivity contribution in [2.24, 2.45) is 4.99 Å². The van der Waals surface area contributed by atoms with Gasteiger partial charge in [-0.2, -0.15) is 4.99 Å². The van der Waals surface area contributed by atoms with Crippen LogP contribution < -0.4 is 14.3 Å². The van der Waals surface area contributed by atoms with E-state index < -0.39 is 5.91 Å². The fraction of sp³-hybridized carbons (Fsp3) is 0.286. The van der Waals surface area contributed by atoms with E-state index in [0.29, 0.717) is 35.0 Å². The van der Waals surface area contributed by atoms with Crippen LogP contribution in [0.5, 0.6) is 11.5 Å². The predicted octanol–water partition coefficient (Wildman–Crippen LogP) is 3.41. The minimum absolute atomic E-state index is 0.197. The highest BCUT2D eigenvalue weighted by Gasteiger charge is 2.13. The Morgan fingerprint density at radius 3 is 2.41 bits per heavy atom. The number of hydrogen-bond donors (Lipinski definition) is 0. The van der Waals surface area contributed by atoms with Crippen molar-refractivity contribution >= 4 is 33.4 Å². The Bertz CT molecular complexity index is 1080. The highest BCUT2D eigenvalue weighted by Crippen LogP contribution is 2.23. The number of fused-ring (bicyclic) bond motifs is 1. The van der Waals surface area contributed by atoms with Gasteiger partial charge in [-0.1, -0.05) is 23.5 Å². The summed E-state index contributed by atoms with van der Waals surface area (Å²) in [6.07, 6.45) is 0.197. The molecule has 0 aliphatic rings. The largest absolute Gasteiger partial charge is 0.497 e. The van der Waals surface area contributed by atoms with Crippen molar-refractivity contribution in [1.82, 2.24) is 4.57 Å². The Balaban J connectivity index is 2.02. The van der Waals surface area contributed by atoms with E-state index >= 15 is 0 Å². The monoisotopic (exact) mass is 414 g/mol. The molecule has 0 saturated carbocycles. The number of carbonyl (C=O) groups excluding carboxylic acids is 2. The average Bonchev–Trinajstić information content (AvgIpc) is 3.08. The van der Waals surface area contributed by atoms with Crippen LogP contribution in [0.15, 0.2) is 47.5 Å². The summed E-state index contributed by atoms with van der Waals surface area (Å²) in [4.78, 5) is 29.5. The van der Waals surface area contributed by atoms with E-state index in [-0.39, 0.29) is 12.4 Å². The first-order valence-corrected chi connectivity index (χ1v) is 9.93. The second-order valence-corrected chi connectivity index (χ2v) is 7.09. The Kier molecular flexibility index (Phi) is 6.66. The van der Waals surface area contributed by atoms with Crippen molar-refractivity contribution in [2.75, 3.05) is 20.8 Å². The molecule has 1 aromatic heterocycles. The average molecular weight is 414 g/mol. The molecular weight excluding hydrogens is 392 g/mol. The molecule has 0 aliphatic carbocycles. The second-order valence-electron chi connectivity index (χ2n) is 6.08. The Morgan fingerprint density at radius 1 is 1.07 bits per heavy atom. The molecule has 1 amide bonds. The third kappa shape index (κ3) is 4.83. The zero-order chi connectivity index (χ0) is 20.8. The number of esters is 1. The zero-order valence-electron chi connectivity index (χ0n) is 16.5. The fourth-order valence-corrected chi connectivity index (χ4v) is 3.90. The maximum Gasteiger partial charge on any atom is 0.307 e. The van der Waals surface area contributed by atoms with Crippen LogP contribution in [0.2, 0.25) is 0 Å². The SMILES string of the molecule is CCOC(=O)CCn1c(=NC(=O)c2cc(OC)cc(OC)c2)sc2ccccc21. The van der Waals surface area contributed by atoms with Gasteiger partial charge in [-0.05, 0) is 31.2 Å². The van der Waals surface area contributed by atoms with E-state index in [9.17, 15) is 9.59 Å². The quantitative estimate of drug-likeness (QED) is 0.554. The number of thiazole rings is 1. The molecule has 0 radical (unpaired) electrons. The molecule has 0 N–H and O–H groups in total. The molecule has 0 fully saturated rings. The number of aromatic nitrogens is 1. The molecule has 0 unspecified atom stereocenters. The van der Waals surface area contributed by atoms with Crippen LogP contribution in [0, 0.1) is 0 Å². The summed E-state index contributed by atoms with van der Waals surface area (Å²) in [5.41, 5.74) is 1.27. The molecule has 3 aromatic rings. The van der Waals surface area contributed by atoms with Gasteiger partial charge in [0.2, 0.25) is 0 Å². The van der Waals surface area contributed by atoms with Gasteiger partial charge in [-0.15, -0.1) is 0 Å². The van der Waals surface area contributed by atoms with Gasteiger partial charge < -0.3 is 18.8 Å². The summed E-state index contributed by atoms with van der Waals surface area (Å²) in [7, 11) is 3.05. The number of amides is 1. The molecule has 0 aliphatic heterocycles. The topological polar surface area (TPSA) is 79.1 Å². The van der Waals surface area contributed by atoms with Crippen LogP contribution in [0.3, 0.4) is 0 Å². The highest BCUT2D eigenvalue weighted by atomic mass is 32.1. The van der Waals surface area contributed by atoms with Gasteiger partial charge in [-0.25, -0.2) is 0 Å². The lowest BCUT2D eigenvalue weighted by molar-refractivity contribution is -0.143. The van der Waals surface area contributed by atoms with Gasteiger partial charge in [-0.3, -0.25) is 9.59 Å². The number of nitrogens with zero attached hydrogens (tertiary/aromatic N) is 2. The Labute approximate surface area is 172 Å². The highest BCUT2D eigenvalue weighted by molar-refractivity contribution is 7.16. The fourth-order valence-electron chi connectivity index (χ4n) is 2.84. The maximum atomic E-state index is 12.8. The van der Waals surface area contributed by atoms with Gasteiger partial charge in [0, 0.05) is 18.2 Å². The molecule has 3 rings (SSSR count). The maximum absolute atomic E-state index is 12.8. The van der Waals surface area contributed by atoms with Gasteiger partial charge in [0.1, 0.15) is 11.5 Å². The molecule has 152 valence electrons. The van der Waals surface area contributed by atoms with Gasteiger partial charge >= 0.3 is 5.97 Å². The summed E-state index contributed by atoms with van der Waals surface area (Å²) in [6.45, 7) is 2.48. The van der Waals surface area contributed by atoms with E-state index in [1.54, 1.807) is 25.1 Å². The standard InChI is InChI=1S/C21H22N2O5S/c1-4-28-19(24)9-10-23-17-7-5-6-8-18(17)29-21(23)22-20(25)14-11-15(26-2)13-16(12-14)27-3/h5-8,11-13H,4,9-10H2,1-3H3. The lowest BCUT2D eigenvalue weighted by atomic mass is 10.2. The smallest absolute Gasteiger partial charge is 0.307 e. The lowest BCUT2D eigenvalue weighted by Crippen LogP contribution is -2.19. The number of aryl methyl sites for hydroxylation is 1. The van der Waals surface area contributed by atoms with Crippen LogP contribution in [-0.2, 0) is 16.1 Å². The third-order valence-electron chi connectivity index (χ3n) is 4.23. The molecule has 1 heterocycles. The zero-order valence-corrected chi connectivity index (χ0v) is 17.3. The summed E-state index contributed by atoms with van der Waals surface area (Å²) in [5, 5.41) is 0. The summed E-state index contributed by atoms with van der Waals surface area (Å²) in [6, 6.07) is 12.7. The molecule has 8 heteroatoms. The number of hydrogen-bond acceptors (Lipinski definition) is 6. The van der Waals surface area contributed by atoms with Crippen LogP contribution in [0.1, 0.15) is 23.7 Å². The van der Waals surface area contributed by atoms with E-state index in [4.69, 9.17) is 14.2 Å². The van der Waals surface area contributed by atoms with Crippen molar-refractivity contribution < 1.29 is 23.8 Å². The van der Waals surface area contributed by atoms with Crippen molar-refractivity contribution in [3.05, 3.63) is 52.8 Å². The molecule has 0 spiro atoms. The molecule has 0 saturated heterocycles. The van der Waals surface area contributed by atoms with E-state index in [1.807, 2.05) is 28.8 Å². The van der Waals surface area contributed by atoms with Gasteiger partial charge in [0.05, 0.1) is 37.5 Å². The third-order valence-corrected chi connectivity index (χ3v) is 5.29. The Hall–Kier alpha value is -3.13. The van der Waals surface area contributed by atoms with Crippen LogP contribution in [-0.4, -0.2) is 37.3 Å². The number of methoxy groups -OCH3 is 2. The summed E-state index contributed by atoms with van der Waals surface area (Å²) >= 11 is 1.39. The number of para-hydroxylation sites is 1. The van der Waals surface area contributed by atoms with Crippen LogP contribution >= 0.6 is 11.3 Å². The normalized spacial score (nSPS) is 11.5. The first kappa shape index (κ1) is 20.6.